The van der Waals surface area contributed by atoms with Crippen molar-refractivity contribution in [3.05, 3.63) is 398 Å². The summed E-state index contributed by atoms with van der Waals surface area (Å²) in [6, 6.07) is 139. The minimum atomic E-state index is -0.153. The van der Waals surface area contributed by atoms with Crippen LogP contribution in [0.25, 0.3) is 183 Å². The van der Waals surface area contributed by atoms with Gasteiger partial charge in [0.2, 0.25) is 0 Å². The summed E-state index contributed by atoms with van der Waals surface area (Å²) >= 11 is 0. The number of benzene rings is 15. The van der Waals surface area contributed by atoms with E-state index in [-0.39, 0.29) is 28.6 Å². The van der Waals surface area contributed by atoms with Gasteiger partial charge in [0.25, 0.3) is 0 Å². The predicted octanol–water partition coefficient (Wildman–Crippen LogP) is 30.0. The molecule has 1 aliphatic carbocycles. The Bertz CT molecular complexity index is 7260. The zero-order chi connectivity index (χ0) is 79.8. The summed E-state index contributed by atoms with van der Waals surface area (Å²) < 4.78 is 7.26. The number of hydrogen-bond donors (Lipinski definition) is 0. The molecule has 2 atom stereocenters. The van der Waals surface area contributed by atoms with Gasteiger partial charge in [-0.2, -0.15) is 0 Å². The van der Waals surface area contributed by atoms with E-state index >= 15 is 0 Å². The van der Waals surface area contributed by atoms with E-state index in [0.717, 1.165) is 136 Å². The molecule has 1 fully saturated rings. The Morgan fingerprint density at radius 1 is 0.227 bits per heavy atom. The summed E-state index contributed by atoms with van der Waals surface area (Å²) in [6.45, 7) is 14.2. The van der Waals surface area contributed by atoms with Gasteiger partial charge >= 0.3 is 0 Å². The van der Waals surface area contributed by atoms with Gasteiger partial charge in [0.15, 0.2) is 0 Å². The van der Waals surface area contributed by atoms with Crippen molar-refractivity contribution >= 4 is 82.4 Å². The van der Waals surface area contributed by atoms with E-state index in [2.05, 4.69) is 425 Å². The molecule has 6 heterocycles. The van der Waals surface area contributed by atoms with Gasteiger partial charge in [-0.15, -0.1) is 0 Å². The molecule has 6 heteroatoms. The maximum Gasteiger partial charge on any atom is 0.146 e. The number of imidazole rings is 3. The third kappa shape index (κ3) is 12.1. The number of nitrogens with zero attached hydrogens (tertiary/aromatic N) is 6. The van der Waals surface area contributed by atoms with Gasteiger partial charge in [-0.3, -0.25) is 13.2 Å². The van der Waals surface area contributed by atoms with Crippen molar-refractivity contribution in [3.8, 4) is 101 Å². The van der Waals surface area contributed by atoms with E-state index in [1.807, 2.05) is 0 Å². The fraction of sp³-hybridized carbons (Fsp3) is 0.124. The lowest BCUT2D eigenvalue weighted by Crippen LogP contribution is -2.22. The molecule has 15 aromatic carbocycles. The van der Waals surface area contributed by atoms with Gasteiger partial charge in [0.05, 0.1) is 50.2 Å². The van der Waals surface area contributed by atoms with Crippen LogP contribution >= 0.6 is 0 Å². The Kier molecular flexibility index (Phi) is 17.1. The van der Waals surface area contributed by atoms with E-state index in [1.165, 1.54) is 94.0 Å². The number of fused-ring (bicyclic) bond motifs is 15. The number of rotatable bonds is 12. The van der Waals surface area contributed by atoms with E-state index in [0.29, 0.717) is 0 Å². The van der Waals surface area contributed by atoms with Gasteiger partial charge < -0.3 is 0 Å². The van der Waals surface area contributed by atoms with Crippen LogP contribution in [0.15, 0.2) is 370 Å². The zero-order valence-electron chi connectivity index (χ0n) is 67.8. The molecule has 0 radical (unpaired) electrons. The summed E-state index contributed by atoms with van der Waals surface area (Å²) in [5, 5.41) is 6.86. The van der Waals surface area contributed by atoms with Gasteiger partial charge in [-0.1, -0.05) is 339 Å². The summed E-state index contributed by atoms with van der Waals surface area (Å²) in [6.07, 6.45) is 2.80. The first-order valence-electron chi connectivity index (χ1n) is 42.1. The molecule has 6 nitrogen and oxygen atoms in total. The van der Waals surface area contributed by atoms with Crippen LogP contribution < -0.4 is 0 Å². The van der Waals surface area contributed by atoms with Crippen molar-refractivity contribution in [3.63, 3.8) is 0 Å². The third-order valence-electron chi connectivity index (χ3n) is 25.7. The Balaban J connectivity index is 0.785. The van der Waals surface area contributed by atoms with E-state index < -0.39 is 0 Å². The van der Waals surface area contributed by atoms with E-state index in [1.54, 1.807) is 0 Å². The average molecular weight is 1530 g/mol. The van der Waals surface area contributed by atoms with Gasteiger partial charge in [0, 0.05) is 32.8 Å². The molecule has 0 bridgehead atoms. The summed E-state index contributed by atoms with van der Waals surface area (Å²) in [4.78, 5) is 16.6. The Labute approximate surface area is 693 Å². The fourth-order valence-electron chi connectivity index (χ4n) is 20.1. The molecule has 0 spiro atoms. The van der Waals surface area contributed by atoms with Crippen LogP contribution in [-0.2, 0) is 10.8 Å². The first kappa shape index (κ1) is 71.5. The average Bonchev–Trinajstić information content (AvgIpc) is 1.64. The van der Waals surface area contributed by atoms with Gasteiger partial charge in [-0.25, -0.2) is 15.0 Å². The van der Waals surface area contributed by atoms with Crippen molar-refractivity contribution in [2.45, 2.75) is 89.4 Å². The molecule has 570 valence electrons. The molecular formula is C113H88N6. The second kappa shape index (κ2) is 28.4. The van der Waals surface area contributed by atoms with Crippen molar-refractivity contribution in [2.24, 2.45) is 0 Å². The van der Waals surface area contributed by atoms with Gasteiger partial charge in [0.1, 0.15) is 16.9 Å². The first-order chi connectivity index (χ1) is 58.3. The molecule has 0 N–H and O–H groups in total. The van der Waals surface area contributed by atoms with Crippen molar-refractivity contribution < 1.29 is 0 Å². The number of pyridine rings is 3. The molecule has 21 aromatic rings. The quantitative estimate of drug-likeness (QED) is 0.122. The van der Waals surface area contributed by atoms with E-state index in [4.69, 9.17) is 15.0 Å². The molecule has 1 aliphatic rings. The van der Waals surface area contributed by atoms with E-state index in [9.17, 15) is 0 Å². The molecule has 0 saturated heterocycles. The highest BCUT2D eigenvalue weighted by molar-refractivity contribution is 6.16. The van der Waals surface area contributed by atoms with Crippen LogP contribution in [0, 0.1) is 0 Å². The van der Waals surface area contributed by atoms with Crippen LogP contribution in [0.2, 0.25) is 0 Å². The Hall–Kier alpha value is -14.1. The fourth-order valence-corrected chi connectivity index (χ4v) is 20.1. The second-order valence-corrected chi connectivity index (χ2v) is 34.9. The lowest BCUT2D eigenvalue weighted by Gasteiger charge is -2.39. The van der Waals surface area contributed by atoms with Gasteiger partial charge in [-0.05, 0) is 231 Å². The topological polar surface area (TPSA) is 51.9 Å². The highest BCUT2D eigenvalue weighted by atomic mass is 15.0. The van der Waals surface area contributed by atoms with Crippen LogP contribution in [0.3, 0.4) is 0 Å². The smallest absolute Gasteiger partial charge is 0.146 e. The monoisotopic (exact) mass is 1530 g/mol. The zero-order valence-corrected chi connectivity index (χ0v) is 67.8. The normalized spacial score (nSPS) is 14.8. The maximum atomic E-state index is 5.55. The van der Waals surface area contributed by atoms with Crippen molar-refractivity contribution in [1.82, 2.24) is 28.2 Å². The Morgan fingerprint density at radius 2 is 0.496 bits per heavy atom. The summed E-state index contributed by atoms with van der Waals surface area (Å²) in [5.74, 6) is 0.315. The van der Waals surface area contributed by atoms with Crippen LogP contribution in [-0.4, -0.2) is 28.2 Å². The number of aromatic nitrogens is 6. The number of hydrogen-bond acceptors (Lipinski definition) is 3. The minimum absolute atomic E-state index is 0.102. The molecule has 22 rings (SSSR count). The SMILES string of the molecule is CC(C)(C)c1ccc(C2CC(c3ccccc3-c3ccc4c(c3)c(-c3ccccc3)c(-c3ccccc3)n3c5ccccc5nc43)CC(c3ccc(C(C)(C)C)cc3-c3ccc4c(c3)c(-c3ccccc3)c(-c3ccccc3)n3c5ccccc5nc43)C2)c(-c2ccc3c(c2)c(-c2ccccc2)c(-c2ccccc2)n2c4ccccc4nc32)c1. The van der Waals surface area contributed by atoms with Crippen molar-refractivity contribution in [1.29, 1.82) is 0 Å². The molecule has 0 amide bonds. The summed E-state index contributed by atoms with van der Waals surface area (Å²) in [7, 11) is 0. The van der Waals surface area contributed by atoms with Crippen molar-refractivity contribution in [2.75, 3.05) is 0 Å². The largest absolute Gasteiger partial charge is 0.291 e. The molecule has 2 unspecified atom stereocenters. The standard InChI is InChI=1S/C113H88N6/c1-112(2,3)83-56-61-87(92(69-83)78-54-59-90-95(67-78)104(72-35-15-8-16-36-72)107(75-41-21-11-22-42-75)118-101-51-31-28-48-98(101)115-110(90)118)81-63-80(86-46-26-25-45-85(86)77-53-58-89-94(66-77)103(71-33-13-7-14-34-71)106(74-39-19-10-20-40-74)117-100-50-30-27-47-97(100)114-109(89)117)64-82(65-81)88-62-57-84(113(4,5)6)70-93(88)79-55-60-91-96(68-79)105(73-37-17-9-18-38-73)108(76-43-23-12-24-44-76)119-102-52-32-29-49-99(102)116-111(91)119/h7-62,66-70,80-82H,63-65H2,1-6H3. The Morgan fingerprint density at radius 3 is 0.815 bits per heavy atom. The lowest BCUT2D eigenvalue weighted by molar-refractivity contribution is 0.352. The van der Waals surface area contributed by atoms with Crippen LogP contribution in [0.5, 0.6) is 0 Å². The van der Waals surface area contributed by atoms with Crippen LogP contribution in [0.4, 0.5) is 0 Å². The molecule has 0 aliphatic heterocycles. The maximum absolute atomic E-state index is 5.55. The third-order valence-corrected chi connectivity index (χ3v) is 25.7. The first-order valence-corrected chi connectivity index (χ1v) is 42.1. The molecule has 6 aromatic heterocycles. The van der Waals surface area contributed by atoms with Crippen LogP contribution in [0.1, 0.15) is 106 Å². The molecule has 119 heavy (non-hydrogen) atoms. The highest BCUT2D eigenvalue weighted by Gasteiger charge is 2.37. The lowest BCUT2D eigenvalue weighted by atomic mass is 9.65. The number of para-hydroxylation sites is 6. The predicted molar refractivity (Wildman–Crippen MR) is 499 cm³/mol. The highest BCUT2D eigenvalue weighted by Crippen LogP contribution is 2.56. The second-order valence-electron chi connectivity index (χ2n) is 34.9. The minimum Gasteiger partial charge on any atom is -0.291 e. The molecule has 1 saturated carbocycles. The molecular weight excluding hydrogens is 1440 g/mol. The summed E-state index contributed by atoms with van der Waals surface area (Å²) in [5.41, 5.74) is 36.7.